The lowest BCUT2D eigenvalue weighted by Gasteiger charge is -2.31. The number of carboxylic acids is 1. The third-order valence-electron chi connectivity index (χ3n) is 3.44. The summed E-state index contributed by atoms with van der Waals surface area (Å²) in [5, 5.41) is 18.1. The number of likely N-dealkylation sites (tertiary alicyclic amines) is 1. The zero-order valence-electron chi connectivity index (χ0n) is 13.4. The Labute approximate surface area is 129 Å². The van der Waals surface area contributed by atoms with Crippen molar-refractivity contribution in [3.63, 3.8) is 0 Å². The Kier molecular flexibility index (Phi) is 5.76. The average molecular weight is 316 g/mol. The number of aliphatic carboxylic acids is 1. The first-order valence-electron chi connectivity index (χ1n) is 7.18. The number of amides is 2. The SMILES string of the molecule is CN(C(=O)[C@@H]1CCCN1C(=O)OC(C)(C)C)[C@@H](CO)C(=O)O. The Hall–Kier alpha value is -1.83. The zero-order valence-corrected chi connectivity index (χ0v) is 13.4. The van der Waals surface area contributed by atoms with Gasteiger partial charge in [-0.25, -0.2) is 9.59 Å². The van der Waals surface area contributed by atoms with E-state index in [0.29, 0.717) is 19.4 Å². The molecule has 1 aliphatic rings. The number of hydrogen-bond donors (Lipinski definition) is 2. The normalized spacial score (nSPS) is 19.7. The molecule has 1 fully saturated rings. The molecule has 1 saturated heterocycles. The maximum absolute atomic E-state index is 12.4. The van der Waals surface area contributed by atoms with Gasteiger partial charge in [0.25, 0.3) is 0 Å². The van der Waals surface area contributed by atoms with Gasteiger partial charge in [0.1, 0.15) is 11.6 Å². The van der Waals surface area contributed by atoms with E-state index in [4.69, 9.17) is 14.9 Å². The molecule has 1 rings (SSSR count). The fourth-order valence-corrected chi connectivity index (χ4v) is 2.32. The molecule has 0 aromatic carbocycles. The first kappa shape index (κ1) is 18.2. The van der Waals surface area contributed by atoms with E-state index in [1.165, 1.54) is 11.9 Å². The Morgan fingerprint density at radius 2 is 1.95 bits per heavy atom. The summed E-state index contributed by atoms with van der Waals surface area (Å²) < 4.78 is 5.27. The molecule has 0 aromatic heterocycles. The minimum absolute atomic E-state index is 0.385. The van der Waals surface area contributed by atoms with Crippen LogP contribution in [0.3, 0.4) is 0 Å². The number of ether oxygens (including phenoxy) is 1. The van der Waals surface area contributed by atoms with Gasteiger partial charge >= 0.3 is 12.1 Å². The van der Waals surface area contributed by atoms with Crippen LogP contribution < -0.4 is 0 Å². The fourth-order valence-electron chi connectivity index (χ4n) is 2.32. The Bertz CT molecular complexity index is 445. The molecule has 0 bridgehead atoms. The molecule has 1 heterocycles. The van der Waals surface area contributed by atoms with Gasteiger partial charge in [-0.3, -0.25) is 9.69 Å². The molecule has 126 valence electrons. The molecule has 0 spiro atoms. The molecule has 2 amide bonds. The Balaban J connectivity index is 2.83. The molecule has 0 aliphatic carbocycles. The van der Waals surface area contributed by atoms with E-state index >= 15 is 0 Å². The van der Waals surface area contributed by atoms with E-state index in [2.05, 4.69) is 0 Å². The first-order valence-corrected chi connectivity index (χ1v) is 7.18. The smallest absolute Gasteiger partial charge is 0.410 e. The van der Waals surface area contributed by atoms with E-state index in [-0.39, 0.29) is 0 Å². The lowest BCUT2D eigenvalue weighted by atomic mass is 10.1. The van der Waals surface area contributed by atoms with Gasteiger partial charge in [0, 0.05) is 13.6 Å². The summed E-state index contributed by atoms with van der Waals surface area (Å²) in [6, 6.07) is -2.08. The van der Waals surface area contributed by atoms with Crippen LogP contribution in [0.25, 0.3) is 0 Å². The number of nitrogens with zero attached hydrogens (tertiary/aromatic N) is 2. The van der Waals surface area contributed by atoms with Crippen molar-refractivity contribution in [3.05, 3.63) is 0 Å². The highest BCUT2D eigenvalue weighted by Gasteiger charge is 2.40. The summed E-state index contributed by atoms with van der Waals surface area (Å²) in [5.74, 6) is -1.80. The van der Waals surface area contributed by atoms with Crippen LogP contribution in [-0.2, 0) is 14.3 Å². The molecule has 8 heteroatoms. The van der Waals surface area contributed by atoms with Gasteiger partial charge < -0.3 is 19.8 Å². The van der Waals surface area contributed by atoms with E-state index in [0.717, 1.165) is 4.90 Å². The second-order valence-corrected chi connectivity index (χ2v) is 6.32. The van der Waals surface area contributed by atoms with Crippen LogP contribution in [0.1, 0.15) is 33.6 Å². The molecule has 2 atom stereocenters. The van der Waals surface area contributed by atoms with Gasteiger partial charge in [0.15, 0.2) is 6.04 Å². The largest absolute Gasteiger partial charge is 0.480 e. The lowest BCUT2D eigenvalue weighted by Crippen LogP contribution is -2.53. The molecule has 0 unspecified atom stereocenters. The molecule has 0 aromatic rings. The van der Waals surface area contributed by atoms with Gasteiger partial charge in [-0.2, -0.15) is 0 Å². The Morgan fingerprint density at radius 3 is 2.41 bits per heavy atom. The third-order valence-corrected chi connectivity index (χ3v) is 3.44. The highest BCUT2D eigenvalue weighted by molar-refractivity contribution is 5.89. The van der Waals surface area contributed by atoms with E-state index in [1.807, 2.05) is 0 Å². The van der Waals surface area contributed by atoms with Crippen LogP contribution in [0.2, 0.25) is 0 Å². The third kappa shape index (κ3) is 4.33. The summed E-state index contributed by atoms with van der Waals surface area (Å²) in [7, 11) is 1.31. The molecule has 0 radical (unpaired) electrons. The van der Waals surface area contributed by atoms with Crippen LogP contribution in [0.4, 0.5) is 4.79 Å². The van der Waals surface area contributed by atoms with Crippen LogP contribution in [0.15, 0.2) is 0 Å². The van der Waals surface area contributed by atoms with E-state index < -0.39 is 42.3 Å². The summed E-state index contributed by atoms with van der Waals surface area (Å²) >= 11 is 0. The van der Waals surface area contributed by atoms with Gasteiger partial charge in [-0.15, -0.1) is 0 Å². The van der Waals surface area contributed by atoms with Gasteiger partial charge in [0.2, 0.25) is 5.91 Å². The van der Waals surface area contributed by atoms with E-state index in [9.17, 15) is 14.4 Å². The predicted molar refractivity (Wildman–Crippen MR) is 77.2 cm³/mol. The van der Waals surface area contributed by atoms with Crippen molar-refractivity contribution in [2.75, 3.05) is 20.2 Å². The highest BCUT2D eigenvalue weighted by atomic mass is 16.6. The average Bonchev–Trinajstić information content (AvgIpc) is 2.85. The number of carboxylic acid groups (broad SMARTS) is 1. The second-order valence-electron chi connectivity index (χ2n) is 6.32. The minimum Gasteiger partial charge on any atom is -0.480 e. The van der Waals surface area contributed by atoms with Gasteiger partial charge in [-0.1, -0.05) is 0 Å². The molecule has 22 heavy (non-hydrogen) atoms. The maximum Gasteiger partial charge on any atom is 0.410 e. The maximum atomic E-state index is 12.4. The number of likely N-dealkylation sites (N-methyl/N-ethyl adjacent to an activating group) is 1. The molecule has 0 saturated carbocycles. The highest BCUT2D eigenvalue weighted by Crippen LogP contribution is 2.22. The zero-order chi connectivity index (χ0) is 17.1. The minimum atomic E-state index is -1.33. The molecule has 2 N–H and O–H groups in total. The quantitative estimate of drug-likeness (QED) is 0.772. The monoisotopic (exact) mass is 316 g/mol. The molecule has 8 nitrogen and oxygen atoms in total. The number of carbonyl (C=O) groups is 3. The first-order chi connectivity index (χ1) is 10.1. The van der Waals surface area contributed by atoms with Gasteiger partial charge in [0.05, 0.1) is 6.61 Å². The van der Waals surface area contributed by atoms with Crippen LogP contribution in [0.5, 0.6) is 0 Å². The summed E-state index contributed by atoms with van der Waals surface area (Å²) in [5.41, 5.74) is -0.673. The lowest BCUT2D eigenvalue weighted by molar-refractivity contribution is -0.152. The molecular formula is C14H24N2O6. The van der Waals surface area contributed by atoms with Crippen molar-refractivity contribution < 1.29 is 29.3 Å². The number of rotatable bonds is 4. The molecule has 1 aliphatic heterocycles. The second kappa shape index (κ2) is 6.95. The number of carbonyl (C=O) groups excluding carboxylic acids is 2. The van der Waals surface area contributed by atoms with E-state index in [1.54, 1.807) is 20.8 Å². The number of aliphatic hydroxyl groups excluding tert-OH is 1. The van der Waals surface area contributed by atoms with Crippen molar-refractivity contribution in [1.82, 2.24) is 9.80 Å². The van der Waals surface area contributed by atoms with Crippen molar-refractivity contribution in [2.45, 2.75) is 51.3 Å². The van der Waals surface area contributed by atoms with Gasteiger partial charge in [-0.05, 0) is 33.6 Å². The summed E-state index contributed by atoms with van der Waals surface area (Å²) in [6.07, 6.45) is 0.494. The number of hydrogen-bond acceptors (Lipinski definition) is 5. The van der Waals surface area contributed by atoms with Crippen molar-refractivity contribution in [2.24, 2.45) is 0 Å². The Morgan fingerprint density at radius 1 is 1.36 bits per heavy atom. The van der Waals surface area contributed by atoms with Crippen molar-refractivity contribution >= 4 is 18.0 Å². The molecular weight excluding hydrogens is 292 g/mol. The fraction of sp³-hybridized carbons (Fsp3) is 0.786. The standard InChI is InChI=1S/C14H24N2O6/c1-14(2,3)22-13(21)16-7-5-6-9(16)11(18)15(4)10(8-17)12(19)20/h9-10,17H,5-8H2,1-4H3,(H,19,20)/t9-,10-/m0/s1. The summed E-state index contributed by atoms with van der Waals surface area (Å²) in [4.78, 5) is 37.9. The predicted octanol–water partition coefficient (Wildman–Crippen LogP) is 0.290. The van der Waals surface area contributed by atoms with Crippen LogP contribution in [0, 0.1) is 0 Å². The summed E-state index contributed by atoms with van der Waals surface area (Å²) in [6.45, 7) is 4.90. The van der Waals surface area contributed by atoms with Crippen molar-refractivity contribution in [3.8, 4) is 0 Å². The van der Waals surface area contributed by atoms with Crippen LogP contribution >= 0.6 is 0 Å². The van der Waals surface area contributed by atoms with Crippen molar-refractivity contribution in [1.29, 1.82) is 0 Å². The van der Waals surface area contributed by atoms with Crippen LogP contribution in [-0.4, -0.2) is 75.9 Å². The topological polar surface area (TPSA) is 107 Å². The number of aliphatic hydroxyl groups is 1.